The van der Waals surface area contributed by atoms with E-state index in [1.165, 1.54) is 12.1 Å². The van der Waals surface area contributed by atoms with Crippen molar-refractivity contribution in [2.45, 2.75) is 19.6 Å². The fourth-order valence-electron chi connectivity index (χ4n) is 2.37. The molecule has 5 heteroatoms. The molecule has 0 unspecified atom stereocenters. The van der Waals surface area contributed by atoms with E-state index in [1.807, 2.05) is 0 Å². The van der Waals surface area contributed by atoms with Gasteiger partial charge in [-0.2, -0.15) is 13.2 Å². The summed E-state index contributed by atoms with van der Waals surface area (Å²) in [7, 11) is 0. The van der Waals surface area contributed by atoms with Crippen molar-refractivity contribution in [3.63, 3.8) is 0 Å². The molecule has 0 saturated carbocycles. The highest BCUT2D eigenvalue weighted by Gasteiger charge is 2.30. The van der Waals surface area contributed by atoms with Gasteiger partial charge in [-0.15, -0.1) is 0 Å². The molecule has 0 spiro atoms. The Hall–Kier alpha value is -1.07. The van der Waals surface area contributed by atoms with Crippen LogP contribution in [-0.4, -0.2) is 42.5 Å². The Morgan fingerprint density at radius 2 is 1.68 bits per heavy atom. The number of rotatable bonds is 3. The summed E-state index contributed by atoms with van der Waals surface area (Å²) in [5.41, 5.74) is 0.178. The quantitative estimate of drug-likeness (QED) is 0.835. The normalized spacial score (nSPS) is 18.7. The summed E-state index contributed by atoms with van der Waals surface area (Å²) in [4.78, 5) is 4.56. The van der Waals surface area contributed by atoms with Crippen molar-refractivity contribution in [2.75, 3.05) is 32.7 Å². The van der Waals surface area contributed by atoms with Gasteiger partial charge in [-0.1, -0.05) is 25.1 Å². The van der Waals surface area contributed by atoms with Crippen LogP contribution in [0.5, 0.6) is 0 Å². The summed E-state index contributed by atoms with van der Waals surface area (Å²) in [5.74, 6) is 0. The van der Waals surface area contributed by atoms with Crippen molar-refractivity contribution in [3.8, 4) is 0 Å². The lowest BCUT2D eigenvalue weighted by Gasteiger charge is -2.34. The summed E-state index contributed by atoms with van der Waals surface area (Å²) < 4.78 is 37.9. The molecule has 0 bridgehead atoms. The van der Waals surface area contributed by atoms with E-state index in [0.717, 1.165) is 44.4 Å². The first-order valence-corrected chi connectivity index (χ1v) is 6.60. The first-order valence-electron chi connectivity index (χ1n) is 6.60. The van der Waals surface area contributed by atoms with Crippen LogP contribution in [0.1, 0.15) is 18.1 Å². The zero-order valence-electron chi connectivity index (χ0n) is 11.1. The van der Waals surface area contributed by atoms with E-state index in [9.17, 15) is 13.2 Å². The summed E-state index contributed by atoms with van der Waals surface area (Å²) in [6.45, 7) is 7.60. The minimum Gasteiger partial charge on any atom is -0.301 e. The van der Waals surface area contributed by atoms with Crippen LogP contribution in [0.3, 0.4) is 0 Å². The Morgan fingerprint density at radius 1 is 1.05 bits per heavy atom. The highest BCUT2D eigenvalue weighted by molar-refractivity contribution is 5.25. The molecular weight excluding hydrogens is 253 g/mol. The molecular formula is C14H19F3N2. The fourth-order valence-corrected chi connectivity index (χ4v) is 2.37. The van der Waals surface area contributed by atoms with Crippen LogP contribution in [0, 0.1) is 0 Å². The third-order valence-corrected chi connectivity index (χ3v) is 3.57. The van der Waals surface area contributed by atoms with Crippen LogP contribution in [0.15, 0.2) is 24.3 Å². The number of nitrogens with zero attached hydrogens (tertiary/aromatic N) is 2. The molecule has 2 nitrogen and oxygen atoms in total. The predicted octanol–water partition coefficient (Wildman–Crippen LogP) is 2.84. The van der Waals surface area contributed by atoms with Crippen molar-refractivity contribution >= 4 is 0 Å². The van der Waals surface area contributed by atoms with Crippen LogP contribution in [0.4, 0.5) is 13.2 Å². The van der Waals surface area contributed by atoms with E-state index in [1.54, 1.807) is 6.07 Å². The van der Waals surface area contributed by atoms with Crippen molar-refractivity contribution in [3.05, 3.63) is 35.4 Å². The highest BCUT2D eigenvalue weighted by atomic mass is 19.4. The monoisotopic (exact) mass is 272 g/mol. The molecule has 1 aliphatic rings. The first-order chi connectivity index (χ1) is 8.99. The maximum absolute atomic E-state index is 12.6. The smallest absolute Gasteiger partial charge is 0.301 e. The van der Waals surface area contributed by atoms with E-state index in [2.05, 4.69) is 16.7 Å². The van der Waals surface area contributed by atoms with Gasteiger partial charge in [-0.25, -0.2) is 0 Å². The maximum Gasteiger partial charge on any atom is 0.416 e. The molecule has 1 aliphatic heterocycles. The number of hydrogen-bond donors (Lipinski definition) is 0. The largest absolute Gasteiger partial charge is 0.416 e. The topological polar surface area (TPSA) is 6.48 Å². The van der Waals surface area contributed by atoms with Crippen LogP contribution in [0.2, 0.25) is 0 Å². The van der Waals surface area contributed by atoms with Crippen molar-refractivity contribution in [1.82, 2.24) is 9.80 Å². The molecule has 106 valence electrons. The zero-order chi connectivity index (χ0) is 13.9. The zero-order valence-corrected chi connectivity index (χ0v) is 11.1. The minimum atomic E-state index is -4.25. The second-order valence-electron chi connectivity index (χ2n) is 4.91. The molecule has 19 heavy (non-hydrogen) atoms. The molecule has 0 N–H and O–H groups in total. The van der Waals surface area contributed by atoms with Crippen LogP contribution >= 0.6 is 0 Å². The number of benzene rings is 1. The molecule has 1 saturated heterocycles. The molecule has 0 radical (unpaired) electrons. The van der Waals surface area contributed by atoms with Crippen molar-refractivity contribution in [1.29, 1.82) is 0 Å². The number of hydrogen-bond acceptors (Lipinski definition) is 2. The van der Waals surface area contributed by atoms with E-state index >= 15 is 0 Å². The van der Waals surface area contributed by atoms with Gasteiger partial charge in [0.15, 0.2) is 0 Å². The molecule has 1 aromatic rings. The standard InChI is InChI=1S/C14H19F3N2/c1-2-18-6-8-19(9-7-18)11-12-4-3-5-13(10-12)14(15,16)17/h3-5,10H,2,6-9,11H2,1H3. The van der Waals surface area contributed by atoms with E-state index in [4.69, 9.17) is 0 Å². The van der Waals surface area contributed by atoms with Crippen molar-refractivity contribution < 1.29 is 13.2 Å². The molecule has 1 aromatic carbocycles. The molecule has 0 amide bonds. The fraction of sp³-hybridized carbons (Fsp3) is 0.571. The molecule has 0 atom stereocenters. The summed E-state index contributed by atoms with van der Waals surface area (Å²) in [6.07, 6.45) is -4.25. The molecule has 1 fully saturated rings. The lowest BCUT2D eigenvalue weighted by molar-refractivity contribution is -0.137. The van der Waals surface area contributed by atoms with Gasteiger partial charge in [0.2, 0.25) is 0 Å². The van der Waals surface area contributed by atoms with Gasteiger partial charge >= 0.3 is 6.18 Å². The molecule has 2 rings (SSSR count). The lowest BCUT2D eigenvalue weighted by atomic mass is 10.1. The average molecular weight is 272 g/mol. The van der Waals surface area contributed by atoms with Crippen LogP contribution in [0.25, 0.3) is 0 Å². The number of likely N-dealkylation sites (N-methyl/N-ethyl adjacent to an activating group) is 1. The molecule has 1 heterocycles. The van der Waals surface area contributed by atoms with Gasteiger partial charge in [0.25, 0.3) is 0 Å². The van der Waals surface area contributed by atoms with Gasteiger partial charge in [-0.3, -0.25) is 4.90 Å². The predicted molar refractivity (Wildman–Crippen MR) is 68.8 cm³/mol. The molecule has 0 aromatic heterocycles. The number of halogens is 3. The van der Waals surface area contributed by atoms with E-state index in [0.29, 0.717) is 6.54 Å². The van der Waals surface area contributed by atoms with E-state index < -0.39 is 11.7 Å². The van der Waals surface area contributed by atoms with E-state index in [-0.39, 0.29) is 0 Å². The highest BCUT2D eigenvalue weighted by Crippen LogP contribution is 2.29. The lowest BCUT2D eigenvalue weighted by Crippen LogP contribution is -2.45. The maximum atomic E-state index is 12.6. The van der Waals surface area contributed by atoms with Gasteiger partial charge in [0, 0.05) is 32.7 Å². The van der Waals surface area contributed by atoms with Crippen LogP contribution in [-0.2, 0) is 12.7 Å². The van der Waals surface area contributed by atoms with Gasteiger partial charge in [0.05, 0.1) is 5.56 Å². The Bertz CT molecular complexity index is 409. The summed E-state index contributed by atoms with van der Waals surface area (Å²) in [5, 5.41) is 0. The Morgan fingerprint density at radius 3 is 2.26 bits per heavy atom. The summed E-state index contributed by atoms with van der Waals surface area (Å²) >= 11 is 0. The van der Waals surface area contributed by atoms with Crippen molar-refractivity contribution in [2.24, 2.45) is 0 Å². The minimum absolute atomic E-state index is 0.558. The second-order valence-corrected chi connectivity index (χ2v) is 4.91. The number of piperazine rings is 1. The molecule has 0 aliphatic carbocycles. The van der Waals surface area contributed by atoms with Gasteiger partial charge in [0.1, 0.15) is 0 Å². The Kier molecular flexibility index (Phi) is 4.47. The van der Waals surface area contributed by atoms with Gasteiger partial charge < -0.3 is 4.90 Å². The third-order valence-electron chi connectivity index (χ3n) is 3.57. The number of alkyl halides is 3. The van der Waals surface area contributed by atoms with Crippen LogP contribution < -0.4 is 0 Å². The second kappa shape index (κ2) is 5.92. The average Bonchev–Trinajstić information content (AvgIpc) is 2.39. The SMILES string of the molecule is CCN1CCN(Cc2cccc(C(F)(F)F)c2)CC1. The summed E-state index contributed by atoms with van der Waals surface area (Å²) in [6, 6.07) is 5.63. The third kappa shape index (κ3) is 3.94. The Balaban J connectivity index is 1.97. The first kappa shape index (κ1) is 14.3. The Labute approximate surface area is 111 Å². The van der Waals surface area contributed by atoms with Gasteiger partial charge in [-0.05, 0) is 18.2 Å².